The third-order valence-corrected chi connectivity index (χ3v) is 6.31. The Hall–Kier alpha value is -2.60. The number of carbonyl (C=O) groups excluding carboxylic acids is 2. The van der Waals surface area contributed by atoms with Gasteiger partial charge in [-0.15, -0.1) is 11.8 Å². The fourth-order valence-electron chi connectivity index (χ4n) is 2.34. The molecule has 11 nitrogen and oxygen atoms in total. The van der Waals surface area contributed by atoms with E-state index >= 15 is 0 Å². The minimum Gasteiger partial charge on any atom is -0.479 e. The number of hydrogen-bond acceptors (Lipinski definition) is 7. The van der Waals surface area contributed by atoms with Crippen molar-refractivity contribution in [3.05, 3.63) is 34.7 Å². The van der Waals surface area contributed by atoms with Gasteiger partial charge in [-0.05, 0) is 17.7 Å². The molecule has 1 heterocycles. The zero-order chi connectivity index (χ0) is 19.5. The van der Waals surface area contributed by atoms with Gasteiger partial charge in [0.2, 0.25) is 11.8 Å². The predicted molar refractivity (Wildman–Crippen MR) is 89.0 cm³/mol. The number of hydrogen-bond donors (Lipinski definition) is 2. The normalized spacial score (nSPS) is 16.9. The number of benzene rings is 1. The molecule has 2 N–H and O–H groups in total. The second-order valence-corrected chi connectivity index (χ2v) is 7.83. The van der Waals surface area contributed by atoms with Gasteiger partial charge in [-0.2, -0.15) is 8.42 Å². The van der Waals surface area contributed by atoms with E-state index in [1.54, 1.807) is 0 Å². The van der Waals surface area contributed by atoms with Crippen LogP contribution in [0.25, 0.3) is 10.4 Å². The average Bonchev–Trinajstić information content (AvgIpc) is 2.88. The molecule has 0 aromatic heterocycles. The fourth-order valence-corrected chi connectivity index (χ4v) is 4.71. The summed E-state index contributed by atoms with van der Waals surface area (Å²) in [6.07, 6.45) is -0.677. The van der Waals surface area contributed by atoms with E-state index in [4.69, 9.17) is 5.53 Å². The van der Waals surface area contributed by atoms with Gasteiger partial charge < -0.3 is 5.11 Å². The molecule has 2 rings (SSSR count). The van der Waals surface area contributed by atoms with Crippen molar-refractivity contribution in [3.8, 4) is 0 Å². The smallest absolute Gasteiger partial charge is 0.349 e. The Bertz CT molecular complexity index is 893. The molecule has 1 atom stereocenters. The van der Waals surface area contributed by atoms with Crippen LogP contribution in [0.4, 0.5) is 5.69 Å². The number of carbonyl (C=O) groups is 3. The number of likely N-dealkylation sites (tertiary alicyclic amines) is 1. The third-order valence-electron chi connectivity index (χ3n) is 3.61. The molecular formula is C13H12N4O7S2. The Labute approximate surface area is 151 Å². The summed E-state index contributed by atoms with van der Waals surface area (Å²) in [4.78, 5) is 35.5. The van der Waals surface area contributed by atoms with Gasteiger partial charge in [0.1, 0.15) is 0 Å². The van der Waals surface area contributed by atoms with E-state index in [1.165, 1.54) is 24.3 Å². The first-order chi connectivity index (χ1) is 12.1. The van der Waals surface area contributed by atoms with Crippen molar-refractivity contribution in [2.75, 3.05) is 5.75 Å². The van der Waals surface area contributed by atoms with Crippen molar-refractivity contribution in [2.24, 2.45) is 5.11 Å². The van der Waals surface area contributed by atoms with Crippen LogP contribution in [-0.4, -0.2) is 51.4 Å². The molecule has 1 saturated heterocycles. The van der Waals surface area contributed by atoms with Gasteiger partial charge >= 0.3 is 16.1 Å². The van der Waals surface area contributed by atoms with Crippen molar-refractivity contribution in [1.29, 1.82) is 0 Å². The van der Waals surface area contributed by atoms with Gasteiger partial charge in [0.05, 0.1) is 5.75 Å². The Balaban J connectivity index is 2.42. The number of thioether (sulfide) groups is 1. The summed E-state index contributed by atoms with van der Waals surface area (Å²) in [5.41, 5.74) is 8.62. The number of azide groups is 1. The molecule has 138 valence electrons. The maximum absolute atomic E-state index is 11.9. The average molecular weight is 400 g/mol. The first-order valence-corrected chi connectivity index (χ1v) is 9.40. The van der Waals surface area contributed by atoms with Crippen molar-refractivity contribution < 1.29 is 32.5 Å². The van der Waals surface area contributed by atoms with Crippen LogP contribution in [0.15, 0.2) is 34.3 Å². The van der Waals surface area contributed by atoms with E-state index in [0.29, 0.717) is 16.7 Å². The van der Waals surface area contributed by atoms with E-state index in [9.17, 15) is 32.5 Å². The highest BCUT2D eigenvalue weighted by Crippen LogP contribution is 2.35. The molecule has 0 radical (unpaired) electrons. The van der Waals surface area contributed by atoms with Crippen molar-refractivity contribution >= 4 is 45.4 Å². The number of carboxylic acid groups (broad SMARTS) is 1. The van der Waals surface area contributed by atoms with Gasteiger partial charge in [-0.3, -0.25) is 14.1 Å². The van der Waals surface area contributed by atoms with Crippen LogP contribution in [0, 0.1) is 0 Å². The van der Waals surface area contributed by atoms with Gasteiger partial charge in [0, 0.05) is 28.3 Å². The molecule has 1 aliphatic rings. The second kappa shape index (κ2) is 7.33. The summed E-state index contributed by atoms with van der Waals surface area (Å²) in [7, 11) is -5.36. The highest BCUT2D eigenvalue weighted by atomic mass is 32.2. The summed E-state index contributed by atoms with van der Waals surface area (Å²) in [5.74, 6) is -4.84. The minimum absolute atomic E-state index is 0.103. The molecule has 1 aliphatic heterocycles. The van der Waals surface area contributed by atoms with Crippen molar-refractivity contribution in [2.45, 2.75) is 22.6 Å². The standard InChI is InChI=1S/C13H12N4O7S2/c14-16-15-8-1-3-9(4-2-8)25-7-13(12(20)21,26(22,23)24)17-10(18)5-6-11(17)19/h1-4H,5-7H2,(H,20,21)(H,22,23,24). The van der Waals surface area contributed by atoms with E-state index < -0.39 is 38.5 Å². The quantitative estimate of drug-likeness (QED) is 0.173. The number of nitrogens with zero attached hydrogens (tertiary/aromatic N) is 4. The minimum atomic E-state index is -5.36. The summed E-state index contributed by atoms with van der Waals surface area (Å²) in [5, 5.41) is 12.8. The predicted octanol–water partition coefficient (Wildman–Crippen LogP) is 1.54. The summed E-state index contributed by atoms with van der Waals surface area (Å²) in [6.45, 7) is 0. The number of aliphatic carboxylic acids is 1. The molecule has 1 unspecified atom stereocenters. The second-order valence-electron chi connectivity index (χ2n) is 5.16. The lowest BCUT2D eigenvalue weighted by molar-refractivity contribution is -0.156. The number of rotatable bonds is 7. The topological polar surface area (TPSA) is 178 Å². The first-order valence-electron chi connectivity index (χ1n) is 6.98. The maximum Gasteiger partial charge on any atom is 0.349 e. The number of carboxylic acids is 1. The SMILES string of the molecule is [N-]=[N+]=Nc1ccc(SCC(C(=O)O)(N2C(=O)CCC2=O)S(=O)(=O)O)cc1. The lowest BCUT2D eigenvalue weighted by Crippen LogP contribution is -2.63. The van der Waals surface area contributed by atoms with E-state index in [2.05, 4.69) is 10.0 Å². The lowest BCUT2D eigenvalue weighted by atomic mass is 10.3. The van der Waals surface area contributed by atoms with E-state index in [1.807, 2.05) is 0 Å². The molecule has 2 amide bonds. The van der Waals surface area contributed by atoms with Crippen LogP contribution in [0.3, 0.4) is 0 Å². The first kappa shape index (κ1) is 19.7. The summed E-state index contributed by atoms with van der Waals surface area (Å²) in [6, 6.07) is 5.67. The Morgan fingerprint density at radius 1 is 1.27 bits per heavy atom. The molecule has 0 bridgehead atoms. The van der Waals surface area contributed by atoms with Crippen LogP contribution >= 0.6 is 11.8 Å². The molecule has 0 saturated carbocycles. The number of amides is 2. The molecule has 1 fully saturated rings. The van der Waals surface area contributed by atoms with E-state index in [-0.39, 0.29) is 23.4 Å². The van der Waals surface area contributed by atoms with Crippen LogP contribution < -0.4 is 0 Å². The molecule has 1 aromatic carbocycles. The van der Waals surface area contributed by atoms with E-state index in [0.717, 1.165) is 0 Å². The summed E-state index contributed by atoms with van der Waals surface area (Å²) < 4.78 is 33.4. The Kier molecular flexibility index (Phi) is 5.56. The maximum atomic E-state index is 11.9. The largest absolute Gasteiger partial charge is 0.479 e. The highest BCUT2D eigenvalue weighted by molar-refractivity contribution is 8.00. The van der Waals surface area contributed by atoms with Crippen LogP contribution in [0.2, 0.25) is 0 Å². The zero-order valence-electron chi connectivity index (χ0n) is 13.0. The highest BCUT2D eigenvalue weighted by Gasteiger charge is 2.61. The van der Waals surface area contributed by atoms with Crippen LogP contribution in [-0.2, 0) is 24.5 Å². The molecule has 1 aromatic rings. The van der Waals surface area contributed by atoms with Gasteiger partial charge in [-0.25, -0.2) is 9.69 Å². The fraction of sp³-hybridized carbons (Fsp3) is 0.308. The molecule has 13 heteroatoms. The van der Waals surface area contributed by atoms with Gasteiger partial charge in [0.25, 0.3) is 4.87 Å². The Morgan fingerprint density at radius 3 is 2.23 bits per heavy atom. The van der Waals surface area contributed by atoms with Crippen molar-refractivity contribution in [3.63, 3.8) is 0 Å². The number of imide groups is 1. The van der Waals surface area contributed by atoms with Crippen LogP contribution in [0.1, 0.15) is 12.8 Å². The lowest BCUT2D eigenvalue weighted by Gasteiger charge is -2.33. The molecule has 0 aliphatic carbocycles. The van der Waals surface area contributed by atoms with Gasteiger partial charge in [0.15, 0.2) is 0 Å². The monoisotopic (exact) mass is 400 g/mol. The van der Waals surface area contributed by atoms with Crippen LogP contribution in [0.5, 0.6) is 0 Å². The molecular weight excluding hydrogens is 388 g/mol. The van der Waals surface area contributed by atoms with Crippen molar-refractivity contribution in [1.82, 2.24) is 4.90 Å². The zero-order valence-corrected chi connectivity index (χ0v) is 14.6. The molecule has 26 heavy (non-hydrogen) atoms. The third kappa shape index (κ3) is 3.51. The molecule has 0 spiro atoms. The van der Waals surface area contributed by atoms with Gasteiger partial charge in [-0.1, -0.05) is 17.2 Å². The summed E-state index contributed by atoms with van der Waals surface area (Å²) >= 11 is 0.699. The Morgan fingerprint density at radius 2 is 1.81 bits per heavy atom.